The van der Waals surface area contributed by atoms with Crippen molar-refractivity contribution in [2.24, 2.45) is 4.99 Å². The zero-order valence-electron chi connectivity index (χ0n) is 15.8. The van der Waals surface area contributed by atoms with Gasteiger partial charge in [-0.2, -0.15) is 0 Å². The zero-order valence-corrected chi connectivity index (χ0v) is 18.9. The summed E-state index contributed by atoms with van der Waals surface area (Å²) < 4.78 is 5.74. The molecule has 0 aliphatic carbocycles. The maximum absolute atomic E-state index is 11.8. The van der Waals surface area contributed by atoms with Gasteiger partial charge in [0, 0.05) is 38.3 Å². The van der Waals surface area contributed by atoms with Crippen LogP contribution in [0, 0.1) is 0 Å². The second-order valence-corrected chi connectivity index (χ2v) is 7.45. The van der Waals surface area contributed by atoms with E-state index in [0.29, 0.717) is 19.0 Å². The molecule has 2 rings (SSSR count). The van der Waals surface area contributed by atoms with Gasteiger partial charge in [0.1, 0.15) is 11.6 Å². The number of nitrogens with zero attached hydrogens (tertiary/aromatic N) is 3. The second-order valence-electron chi connectivity index (χ2n) is 6.25. The Morgan fingerprint density at radius 1 is 1.42 bits per heavy atom. The summed E-state index contributed by atoms with van der Waals surface area (Å²) in [5.41, 5.74) is 0. The van der Waals surface area contributed by atoms with Crippen LogP contribution in [0.2, 0.25) is 0 Å². The van der Waals surface area contributed by atoms with Crippen molar-refractivity contribution < 1.29 is 9.53 Å². The summed E-state index contributed by atoms with van der Waals surface area (Å²) in [5.74, 6) is 0.593. The molecule has 1 aliphatic rings. The molecule has 1 fully saturated rings. The first-order chi connectivity index (χ1) is 12.1. The van der Waals surface area contributed by atoms with E-state index in [2.05, 4.69) is 27.5 Å². The number of likely N-dealkylation sites (N-methyl/N-ethyl adjacent to an activating group) is 1. The maximum Gasteiger partial charge on any atom is 0.243 e. The van der Waals surface area contributed by atoms with Gasteiger partial charge in [0.2, 0.25) is 5.91 Å². The fourth-order valence-electron chi connectivity index (χ4n) is 2.39. The largest absolute Gasteiger partial charge is 0.376 e. The topological polar surface area (TPSA) is 78.9 Å². The molecule has 7 nitrogen and oxygen atoms in total. The molecule has 1 atom stereocenters. The highest BCUT2D eigenvalue weighted by Crippen LogP contribution is 2.13. The highest BCUT2D eigenvalue weighted by atomic mass is 127. The summed E-state index contributed by atoms with van der Waals surface area (Å²) in [7, 11) is 3.46. The first kappa shape index (κ1) is 23.1. The van der Waals surface area contributed by atoms with E-state index in [1.807, 2.05) is 6.20 Å². The third-order valence-corrected chi connectivity index (χ3v) is 5.14. The van der Waals surface area contributed by atoms with Crippen LogP contribution in [-0.4, -0.2) is 61.6 Å². The summed E-state index contributed by atoms with van der Waals surface area (Å²) in [6.45, 7) is 4.35. The van der Waals surface area contributed by atoms with Gasteiger partial charge >= 0.3 is 0 Å². The Hall–Kier alpha value is -0.940. The number of amides is 1. The fourth-order valence-corrected chi connectivity index (χ4v) is 3.20. The number of ether oxygens (including phenoxy) is 1. The zero-order chi connectivity index (χ0) is 18.1. The van der Waals surface area contributed by atoms with Crippen LogP contribution in [0.25, 0.3) is 0 Å². The van der Waals surface area contributed by atoms with Crippen molar-refractivity contribution in [1.29, 1.82) is 0 Å². The lowest BCUT2D eigenvalue weighted by Crippen LogP contribution is -2.43. The van der Waals surface area contributed by atoms with Crippen LogP contribution in [0.5, 0.6) is 0 Å². The summed E-state index contributed by atoms with van der Waals surface area (Å²) in [6, 6.07) is 0. The van der Waals surface area contributed by atoms with Gasteiger partial charge in [0.25, 0.3) is 0 Å². The lowest BCUT2D eigenvalue weighted by molar-refractivity contribution is -0.127. The summed E-state index contributed by atoms with van der Waals surface area (Å²) in [4.78, 5) is 23.4. The number of hydrogen-bond acceptors (Lipinski definition) is 5. The molecular formula is C17H30IN5O2S. The van der Waals surface area contributed by atoms with E-state index in [4.69, 9.17) is 4.74 Å². The van der Waals surface area contributed by atoms with Crippen LogP contribution >= 0.6 is 35.3 Å². The number of halogens is 1. The van der Waals surface area contributed by atoms with Crippen molar-refractivity contribution in [2.75, 3.05) is 33.8 Å². The third kappa shape index (κ3) is 8.17. The minimum Gasteiger partial charge on any atom is -0.376 e. The molecule has 1 aromatic rings. The van der Waals surface area contributed by atoms with Crippen LogP contribution in [0.4, 0.5) is 0 Å². The predicted octanol–water partition coefficient (Wildman–Crippen LogP) is 2.02. The van der Waals surface area contributed by atoms with Gasteiger partial charge in [-0.1, -0.05) is 6.92 Å². The monoisotopic (exact) mass is 495 g/mol. The van der Waals surface area contributed by atoms with Crippen molar-refractivity contribution in [3.8, 4) is 0 Å². The first-order valence-corrected chi connectivity index (χ1v) is 9.67. The van der Waals surface area contributed by atoms with E-state index in [9.17, 15) is 4.79 Å². The van der Waals surface area contributed by atoms with Crippen molar-refractivity contribution in [2.45, 2.75) is 45.3 Å². The average molecular weight is 495 g/mol. The number of carbonyl (C=O) groups excluding carboxylic acids is 1. The second kappa shape index (κ2) is 12.4. The smallest absolute Gasteiger partial charge is 0.243 e. The maximum atomic E-state index is 11.8. The van der Waals surface area contributed by atoms with E-state index >= 15 is 0 Å². The molecule has 2 heterocycles. The molecular weight excluding hydrogens is 465 g/mol. The Kier molecular flexibility index (Phi) is 11.1. The molecule has 0 spiro atoms. The standard InChI is InChI=1S/C17H29N5O2S.HI/c1-4-14-10-18-15(25-14)11-20-17(21-12-16(23)22(2)3)19-9-13-7-5-6-8-24-13;/h10,13H,4-9,11-12H2,1-3H3,(H2,19,20,21);1H. The predicted molar refractivity (Wildman–Crippen MR) is 116 cm³/mol. The molecule has 26 heavy (non-hydrogen) atoms. The number of hydrogen-bond donors (Lipinski definition) is 2. The van der Waals surface area contributed by atoms with E-state index in [-0.39, 0.29) is 42.5 Å². The van der Waals surface area contributed by atoms with Crippen LogP contribution in [0.3, 0.4) is 0 Å². The first-order valence-electron chi connectivity index (χ1n) is 8.86. The molecule has 1 amide bonds. The number of nitrogens with one attached hydrogen (secondary N) is 2. The van der Waals surface area contributed by atoms with Gasteiger partial charge < -0.3 is 20.3 Å². The number of guanidine groups is 1. The van der Waals surface area contributed by atoms with Gasteiger partial charge in [-0.3, -0.25) is 4.79 Å². The van der Waals surface area contributed by atoms with Gasteiger partial charge in [-0.05, 0) is 25.7 Å². The Balaban J connectivity index is 0.00000338. The minimum absolute atomic E-state index is 0. The molecule has 148 valence electrons. The molecule has 0 radical (unpaired) electrons. The summed E-state index contributed by atoms with van der Waals surface area (Å²) in [5, 5.41) is 7.58. The fraction of sp³-hybridized carbons (Fsp3) is 0.706. The summed E-state index contributed by atoms with van der Waals surface area (Å²) in [6.07, 6.45) is 6.51. The summed E-state index contributed by atoms with van der Waals surface area (Å²) >= 11 is 1.69. The normalized spacial score (nSPS) is 17.3. The van der Waals surface area contributed by atoms with Crippen LogP contribution in [-0.2, 0) is 22.5 Å². The van der Waals surface area contributed by atoms with Gasteiger partial charge in [-0.15, -0.1) is 35.3 Å². The molecule has 2 N–H and O–H groups in total. The Morgan fingerprint density at radius 2 is 2.23 bits per heavy atom. The minimum atomic E-state index is -0.0301. The van der Waals surface area contributed by atoms with Crippen LogP contribution in [0.15, 0.2) is 11.2 Å². The molecule has 9 heteroatoms. The Morgan fingerprint density at radius 3 is 2.85 bits per heavy atom. The van der Waals surface area contributed by atoms with E-state index < -0.39 is 0 Å². The lowest BCUT2D eigenvalue weighted by atomic mass is 10.1. The van der Waals surface area contributed by atoms with Crippen molar-refractivity contribution in [1.82, 2.24) is 20.5 Å². The molecule has 1 saturated heterocycles. The van der Waals surface area contributed by atoms with Gasteiger partial charge in [0.05, 0.1) is 12.6 Å². The third-order valence-electron chi connectivity index (χ3n) is 4.00. The van der Waals surface area contributed by atoms with Crippen LogP contribution < -0.4 is 10.6 Å². The Labute approximate surface area is 177 Å². The van der Waals surface area contributed by atoms with E-state index in [0.717, 1.165) is 30.9 Å². The number of thiazole rings is 1. The number of aromatic nitrogens is 1. The average Bonchev–Trinajstić information content (AvgIpc) is 3.09. The van der Waals surface area contributed by atoms with Crippen LogP contribution in [0.1, 0.15) is 36.1 Å². The number of aryl methyl sites for hydroxylation is 1. The number of aliphatic imine (C=N–C) groups is 1. The molecule has 0 saturated carbocycles. The Bertz CT molecular complexity index is 573. The quantitative estimate of drug-likeness (QED) is 0.344. The molecule has 0 aromatic carbocycles. The highest BCUT2D eigenvalue weighted by Gasteiger charge is 2.14. The van der Waals surface area contributed by atoms with Crippen molar-refractivity contribution in [3.05, 3.63) is 16.1 Å². The van der Waals surface area contributed by atoms with E-state index in [1.54, 1.807) is 30.3 Å². The SMILES string of the molecule is CCc1cnc(CNC(=NCC(=O)N(C)C)NCC2CCCCO2)s1.I. The van der Waals surface area contributed by atoms with E-state index in [1.165, 1.54) is 11.3 Å². The number of rotatable bonds is 7. The van der Waals surface area contributed by atoms with Crippen molar-refractivity contribution >= 4 is 47.2 Å². The molecule has 0 bridgehead atoms. The van der Waals surface area contributed by atoms with Crippen molar-refractivity contribution in [3.63, 3.8) is 0 Å². The highest BCUT2D eigenvalue weighted by molar-refractivity contribution is 14.0. The van der Waals surface area contributed by atoms with Gasteiger partial charge in [-0.25, -0.2) is 9.98 Å². The molecule has 1 unspecified atom stereocenters. The van der Waals surface area contributed by atoms with Gasteiger partial charge in [0.15, 0.2) is 5.96 Å². The lowest BCUT2D eigenvalue weighted by Gasteiger charge is -2.23. The molecule has 1 aromatic heterocycles. The number of carbonyl (C=O) groups is 1. The molecule has 1 aliphatic heterocycles.